The van der Waals surface area contributed by atoms with Crippen LogP contribution in [-0.4, -0.2) is 46.8 Å². The highest BCUT2D eigenvalue weighted by Crippen LogP contribution is 2.43. The first-order chi connectivity index (χ1) is 14.8. The minimum atomic E-state index is -1.10. The lowest BCUT2D eigenvalue weighted by atomic mass is 9.83. The summed E-state index contributed by atoms with van der Waals surface area (Å²) in [6.07, 6.45) is 0.681. The van der Waals surface area contributed by atoms with E-state index >= 15 is 0 Å². The van der Waals surface area contributed by atoms with Crippen molar-refractivity contribution in [2.75, 3.05) is 20.2 Å². The Hall–Kier alpha value is -2.70. The number of carbonyl (C=O) groups is 2. The van der Waals surface area contributed by atoms with Crippen LogP contribution in [0.15, 0.2) is 36.4 Å². The van der Waals surface area contributed by atoms with Crippen LogP contribution >= 0.6 is 23.2 Å². The van der Waals surface area contributed by atoms with E-state index in [1.54, 1.807) is 35.1 Å². The van der Waals surface area contributed by atoms with Crippen LogP contribution in [0.4, 0.5) is 0 Å². The van der Waals surface area contributed by atoms with Gasteiger partial charge < -0.3 is 19.5 Å². The topological polar surface area (TPSA) is 65.6 Å². The normalized spacial score (nSPS) is 20.8. The third kappa shape index (κ3) is 3.00. The second-order valence-corrected chi connectivity index (χ2v) is 9.00. The van der Waals surface area contributed by atoms with Gasteiger partial charge in [0.1, 0.15) is 12.3 Å². The van der Waals surface area contributed by atoms with Crippen LogP contribution in [0.1, 0.15) is 23.7 Å². The molecule has 1 fully saturated rings. The van der Waals surface area contributed by atoms with E-state index in [0.717, 1.165) is 33.5 Å². The van der Waals surface area contributed by atoms with Gasteiger partial charge in [0.25, 0.3) is 5.91 Å². The number of ether oxygens (including phenoxy) is 1. The molecule has 6 nitrogen and oxygen atoms in total. The van der Waals surface area contributed by atoms with Gasteiger partial charge in [0.2, 0.25) is 5.91 Å². The Balaban J connectivity index is 1.58. The highest BCUT2D eigenvalue weighted by atomic mass is 35.5. The highest BCUT2D eigenvalue weighted by molar-refractivity contribution is 6.35. The Morgan fingerprint density at radius 1 is 1.16 bits per heavy atom. The van der Waals surface area contributed by atoms with E-state index in [1.165, 1.54) is 0 Å². The van der Waals surface area contributed by atoms with Crippen molar-refractivity contribution in [1.82, 2.24) is 14.8 Å². The number of piperazine rings is 1. The van der Waals surface area contributed by atoms with Crippen molar-refractivity contribution in [3.63, 3.8) is 0 Å². The van der Waals surface area contributed by atoms with Crippen molar-refractivity contribution in [3.05, 3.63) is 63.3 Å². The second kappa shape index (κ2) is 7.18. The largest absolute Gasteiger partial charge is 0.497 e. The minimum absolute atomic E-state index is 0.0246. The number of aromatic amines is 1. The number of aromatic nitrogens is 1. The minimum Gasteiger partial charge on any atom is -0.497 e. The number of hydrogen-bond acceptors (Lipinski definition) is 3. The molecule has 1 aromatic heterocycles. The third-order valence-electron chi connectivity index (χ3n) is 6.43. The van der Waals surface area contributed by atoms with Gasteiger partial charge in [0.05, 0.1) is 12.8 Å². The van der Waals surface area contributed by atoms with Crippen LogP contribution in [0.2, 0.25) is 10.0 Å². The van der Waals surface area contributed by atoms with Gasteiger partial charge in [-0.2, -0.15) is 0 Å². The van der Waals surface area contributed by atoms with Crippen molar-refractivity contribution >= 4 is 45.9 Å². The number of fused-ring (bicyclic) bond motifs is 5. The summed E-state index contributed by atoms with van der Waals surface area (Å²) < 4.78 is 5.38. The van der Waals surface area contributed by atoms with Crippen LogP contribution in [0.3, 0.4) is 0 Å². The molecule has 0 bridgehead atoms. The van der Waals surface area contributed by atoms with Gasteiger partial charge in [-0.05, 0) is 54.8 Å². The molecule has 2 amide bonds. The molecule has 0 radical (unpaired) electrons. The SMILES string of the molecule is COc1ccc2[nH]c3c(c2c1)CCN1C(=O)CN(Cc2ccc(Cl)cc2Cl)C(=O)[C@]31C. The molecule has 160 valence electrons. The summed E-state index contributed by atoms with van der Waals surface area (Å²) >= 11 is 12.3. The number of halogens is 2. The van der Waals surface area contributed by atoms with Gasteiger partial charge in [0.15, 0.2) is 5.54 Å². The Labute approximate surface area is 189 Å². The summed E-state index contributed by atoms with van der Waals surface area (Å²) in [6, 6.07) is 11.0. The molecule has 0 aliphatic carbocycles. The molecule has 2 aliphatic rings. The monoisotopic (exact) mass is 457 g/mol. The first-order valence-electron chi connectivity index (χ1n) is 10.1. The maximum atomic E-state index is 13.8. The van der Waals surface area contributed by atoms with Crippen LogP contribution in [0.5, 0.6) is 5.75 Å². The Morgan fingerprint density at radius 2 is 1.97 bits per heavy atom. The van der Waals surface area contributed by atoms with Gasteiger partial charge in [-0.25, -0.2) is 0 Å². The summed E-state index contributed by atoms with van der Waals surface area (Å²) in [6.45, 7) is 2.59. The van der Waals surface area contributed by atoms with Crippen molar-refractivity contribution in [2.24, 2.45) is 0 Å². The molecule has 5 rings (SSSR count). The van der Waals surface area contributed by atoms with Crippen LogP contribution in [-0.2, 0) is 28.1 Å². The zero-order valence-corrected chi connectivity index (χ0v) is 18.7. The van der Waals surface area contributed by atoms with Crippen molar-refractivity contribution in [3.8, 4) is 5.75 Å². The van der Waals surface area contributed by atoms with E-state index in [2.05, 4.69) is 4.98 Å². The maximum absolute atomic E-state index is 13.8. The van der Waals surface area contributed by atoms with E-state index in [9.17, 15) is 9.59 Å². The first-order valence-corrected chi connectivity index (χ1v) is 10.8. The number of benzene rings is 2. The fraction of sp³-hybridized carbons (Fsp3) is 0.304. The highest BCUT2D eigenvalue weighted by Gasteiger charge is 2.54. The summed E-state index contributed by atoms with van der Waals surface area (Å²) in [5, 5.41) is 2.02. The number of H-pyrrole nitrogens is 1. The van der Waals surface area contributed by atoms with E-state index in [-0.39, 0.29) is 24.9 Å². The number of carbonyl (C=O) groups excluding carboxylic acids is 2. The fourth-order valence-corrected chi connectivity index (χ4v) is 5.29. The lowest BCUT2D eigenvalue weighted by molar-refractivity contribution is -0.166. The lowest BCUT2D eigenvalue weighted by Gasteiger charge is -2.49. The summed E-state index contributed by atoms with van der Waals surface area (Å²) in [4.78, 5) is 33.6. The predicted molar refractivity (Wildman–Crippen MR) is 119 cm³/mol. The third-order valence-corrected chi connectivity index (χ3v) is 7.02. The van der Waals surface area contributed by atoms with Crippen molar-refractivity contribution < 1.29 is 14.3 Å². The maximum Gasteiger partial charge on any atom is 0.255 e. The molecule has 3 heterocycles. The Bertz CT molecular complexity index is 1240. The van der Waals surface area contributed by atoms with Crippen LogP contribution in [0, 0.1) is 0 Å². The summed E-state index contributed by atoms with van der Waals surface area (Å²) in [5.74, 6) is 0.554. The van der Waals surface area contributed by atoms with Crippen LogP contribution < -0.4 is 4.74 Å². The van der Waals surface area contributed by atoms with Crippen molar-refractivity contribution in [2.45, 2.75) is 25.4 Å². The zero-order valence-electron chi connectivity index (χ0n) is 17.2. The molecule has 1 saturated heterocycles. The van der Waals surface area contributed by atoms with Gasteiger partial charge in [-0.3, -0.25) is 9.59 Å². The number of hydrogen-bond donors (Lipinski definition) is 1. The van der Waals surface area contributed by atoms with Gasteiger partial charge >= 0.3 is 0 Å². The zero-order chi connectivity index (χ0) is 21.9. The molecule has 31 heavy (non-hydrogen) atoms. The van der Waals surface area contributed by atoms with Crippen molar-refractivity contribution in [1.29, 1.82) is 0 Å². The van der Waals surface area contributed by atoms with E-state index in [0.29, 0.717) is 23.0 Å². The average molecular weight is 458 g/mol. The number of nitrogens with zero attached hydrogens (tertiary/aromatic N) is 2. The Kier molecular flexibility index (Phi) is 4.68. The second-order valence-electron chi connectivity index (χ2n) is 8.15. The van der Waals surface area contributed by atoms with E-state index < -0.39 is 5.54 Å². The fourth-order valence-electron chi connectivity index (χ4n) is 4.82. The molecular formula is C23H21Cl2N3O3. The molecule has 8 heteroatoms. The van der Waals surface area contributed by atoms with Gasteiger partial charge in [-0.15, -0.1) is 0 Å². The number of rotatable bonds is 3. The molecule has 3 aromatic rings. The number of nitrogens with one attached hydrogen (secondary N) is 1. The molecule has 0 saturated carbocycles. The summed E-state index contributed by atoms with van der Waals surface area (Å²) in [5.41, 5.74) is 2.40. The molecule has 0 unspecified atom stereocenters. The molecular weight excluding hydrogens is 437 g/mol. The summed E-state index contributed by atoms with van der Waals surface area (Å²) in [7, 11) is 1.63. The van der Waals surface area contributed by atoms with E-state index in [4.69, 9.17) is 27.9 Å². The molecule has 2 aliphatic heterocycles. The predicted octanol–water partition coefficient (Wildman–Crippen LogP) is 4.13. The Morgan fingerprint density at radius 3 is 2.71 bits per heavy atom. The number of amides is 2. The standard InChI is InChI=1S/C23H21Cl2N3O3/c1-23-21-16(17-10-15(31-2)5-6-19(17)26-21)7-8-28(23)20(29)12-27(22(23)30)11-13-3-4-14(24)9-18(13)25/h3-6,9-10,26H,7-8,11-12H2,1-2H3/t23-/m0/s1. The first kappa shape index (κ1) is 20.2. The van der Waals surface area contributed by atoms with E-state index in [1.807, 2.05) is 25.1 Å². The smallest absolute Gasteiger partial charge is 0.255 e. The van der Waals surface area contributed by atoms with Gasteiger partial charge in [0, 0.05) is 34.0 Å². The molecule has 0 spiro atoms. The quantitative estimate of drug-likeness (QED) is 0.642. The van der Waals surface area contributed by atoms with Gasteiger partial charge in [-0.1, -0.05) is 29.3 Å². The molecule has 1 N–H and O–H groups in total. The van der Waals surface area contributed by atoms with Crippen LogP contribution in [0.25, 0.3) is 10.9 Å². The average Bonchev–Trinajstić information content (AvgIpc) is 3.13. The number of methoxy groups -OCH3 is 1. The molecule has 1 atom stereocenters. The lowest BCUT2D eigenvalue weighted by Crippen LogP contribution is -2.66. The molecule has 2 aromatic carbocycles.